The summed E-state index contributed by atoms with van der Waals surface area (Å²) in [5.74, 6) is 0.740. The number of nitrogens with zero attached hydrogens (tertiary/aromatic N) is 1. The Labute approximate surface area is 184 Å². The third-order valence-corrected chi connectivity index (χ3v) is 5.77. The molecule has 0 aromatic heterocycles. The van der Waals surface area contributed by atoms with Crippen molar-refractivity contribution in [1.29, 1.82) is 0 Å². The molecule has 1 atom stereocenters. The van der Waals surface area contributed by atoms with Gasteiger partial charge in [0.2, 0.25) is 5.91 Å². The quantitative estimate of drug-likeness (QED) is 0.633. The number of methoxy groups -OCH3 is 1. The van der Waals surface area contributed by atoms with Gasteiger partial charge in [0.05, 0.1) is 7.11 Å². The molecule has 2 amide bonds. The summed E-state index contributed by atoms with van der Waals surface area (Å²) >= 11 is 0. The molecule has 1 aliphatic rings. The SMILES string of the molecule is COc1ccccc1OCC(=O)N(CCc1ccccc1)[C@H](C)C(=O)NC1CCCC1. The van der Waals surface area contributed by atoms with Crippen molar-refractivity contribution in [2.45, 2.75) is 51.1 Å². The zero-order valence-electron chi connectivity index (χ0n) is 18.4. The van der Waals surface area contributed by atoms with E-state index in [0.717, 1.165) is 31.2 Å². The summed E-state index contributed by atoms with van der Waals surface area (Å²) in [6, 6.07) is 16.8. The number of amides is 2. The maximum Gasteiger partial charge on any atom is 0.261 e. The lowest BCUT2D eigenvalue weighted by molar-refractivity contribution is -0.141. The van der Waals surface area contributed by atoms with E-state index in [1.807, 2.05) is 42.5 Å². The highest BCUT2D eigenvalue weighted by Gasteiger charge is 2.28. The first-order valence-electron chi connectivity index (χ1n) is 11.0. The van der Waals surface area contributed by atoms with Crippen LogP contribution in [0, 0.1) is 0 Å². The predicted octanol–water partition coefficient (Wildman–Crippen LogP) is 3.59. The molecule has 2 aromatic rings. The molecule has 1 fully saturated rings. The average molecular weight is 425 g/mol. The summed E-state index contributed by atoms with van der Waals surface area (Å²) in [6.07, 6.45) is 4.97. The van der Waals surface area contributed by atoms with Gasteiger partial charge in [-0.2, -0.15) is 0 Å². The lowest BCUT2D eigenvalue weighted by Gasteiger charge is -2.29. The Morgan fingerprint density at radius 2 is 1.68 bits per heavy atom. The van der Waals surface area contributed by atoms with Crippen molar-refractivity contribution in [1.82, 2.24) is 10.2 Å². The van der Waals surface area contributed by atoms with Crippen molar-refractivity contribution < 1.29 is 19.1 Å². The van der Waals surface area contributed by atoms with Crippen molar-refractivity contribution in [3.8, 4) is 11.5 Å². The maximum atomic E-state index is 13.1. The smallest absolute Gasteiger partial charge is 0.261 e. The number of carbonyl (C=O) groups excluding carboxylic acids is 2. The van der Waals surface area contributed by atoms with Crippen LogP contribution in [0.2, 0.25) is 0 Å². The van der Waals surface area contributed by atoms with Gasteiger partial charge in [0, 0.05) is 12.6 Å². The van der Waals surface area contributed by atoms with E-state index < -0.39 is 6.04 Å². The summed E-state index contributed by atoms with van der Waals surface area (Å²) in [6.45, 7) is 2.07. The molecule has 0 heterocycles. The van der Waals surface area contributed by atoms with E-state index in [4.69, 9.17) is 9.47 Å². The molecule has 31 heavy (non-hydrogen) atoms. The molecule has 3 rings (SSSR count). The Balaban J connectivity index is 1.67. The average Bonchev–Trinajstić information content (AvgIpc) is 3.31. The zero-order chi connectivity index (χ0) is 22.1. The van der Waals surface area contributed by atoms with Crippen LogP contribution in [0.3, 0.4) is 0 Å². The fraction of sp³-hybridized carbons (Fsp3) is 0.440. The Hall–Kier alpha value is -3.02. The number of rotatable bonds is 10. The zero-order valence-corrected chi connectivity index (χ0v) is 18.4. The normalized spacial score (nSPS) is 14.6. The first kappa shape index (κ1) is 22.7. The van der Waals surface area contributed by atoms with Gasteiger partial charge in [-0.05, 0) is 43.9 Å². The van der Waals surface area contributed by atoms with Gasteiger partial charge in [0.25, 0.3) is 5.91 Å². The molecule has 6 heteroatoms. The molecule has 0 bridgehead atoms. The highest BCUT2D eigenvalue weighted by atomic mass is 16.5. The number of nitrogens with one attached hydrogen (secondary N) is 1. The van der Waals surface area contributed by atoms with E-state index in [9.17, 15) is 9.59 Å². The minimum Gasteiger partial charge on any atom is -0.493 e. The molecule has 166 valence electrons. The molecule has 0 aliphatic heterocycles. The number of benzene rings is 2. The second-order valence-corrected chi connectivity index (χ2v) is 7.93. The first-order valence-corrected chi connectivity index (χ1v) is 11.0. The first-order chi connectivity index (χ1) is 15.1. The molecule has 1 saturated carbocycles. The van der Waals surface area contributed by atoms with Gasteiger partial charge in [0.15, 0.2) is 18.1 Å². The highest BCUT2D eigenvalue weighted by Crippen LogP contribution is 2.25. The minimum atomic E-state index is -0.571. The Morgan fingerprint density at radius 3 is 2.35 bits per heavy atom. The molecule has 0 radical (unpaired) electrons. The number of carbonyl (C=O) groups is 2. The Morgan fingerprint density at radius 1 is 1.03 bits per heavy atom. The van der Waals surface area contributed by atoms with Crippen LogP contribution in [-0.2, 0) is 16.0 Å². The van der Waals surface area contributed by atoms with Crippen LogP contribution in [0.1, 0.15) is 38.2 Å². The van der Waals surface area contributed by atoms with E-state index in [-0.39, 0.29) is 24.5 Å². The van der Waals surface area contributed by atoms with Crippen LogP contribution >= 0.6 is 0 Å². The van der Waals surface area contributed by atoms with Crippen molar-refractivity contribution in [2.75, 3.05) is 20.3 Å². The molecular formula is C25H32N2O4. The number of hydrogen-bond acceptors (Lipinski definition) is 4. The van der Waals surface area contributed by atoms with E-state index >= 15 is 0 Å². The molecular weight excluding hydrogens is 392 g/mol. The van der Waals surface area contributed by atoms with Gasteiger partial charge in [0.1, 0.15) is 6.04 Å². The topological polar surface area (TPSA) is 67.9 Å². The minimum absolute atomic E-state index is 0.106. The summed E-state index contributed by atoms with van der Waals surface area (Å²) in [5.41, 5.74) is 1.12. The molecule has 1 aliphatic carbocycles. The van der Waals surface area contributed by atoms with E-state index in [1.165, 1.54) is 0 Å². The van der Waals surface area contributed by atoms with Crippen LogP contribution in [-0.4, -0.2) is 49.1 Å². The van der Waals surface area contributed by atoms with E-state index in [0.29, 0.717) is 24.5 Å². The molecule has 1 N–H and O–H groups in total. The van der Waals surface area contributed by atoms with Gasteiger partial charge in [-0.25, -0.2) is 0 Å². The predicted molar refractivity (Wildman–Crippen MR) is 120 cm³/mol. The monoisotopic (exact) mass is 424 g/mol. The van der Waals surface area contributed by atoms with Crippen LogP contribution in [0.4, 0.5) is 0 Å². The lowest BCUT2D eigenvalue weighted by atomic mass is 10.1. The third-order valence-electron chi connectivity index (χ3n) is 5.77. The van der Waals surface area contributed by atoms with E-state index in [1.54, 1.807) is 31.1 Å². The van der Waals surface area contributed by atoms with Crippen molar-refractivity contribution in [2.24, 2.45) is 0 Å². The second kappa shape index (κ2) is 11.4. The lowest BCUT2D eigenvalue weighted by Crippen LogP contribution is -2.51. The van der Waals surface area contributed by atoms with Gasteiger partial charge < -0.3 is 19.7 Å². The fourth-order valence-electron chi connectivity index (χ4n) is 3.92. The largest absolute Gasteiger partial charge is 0.493 e. The van der Waals surface area contributed by atoms with Gasteiger partial charge in [-0.15, -0.1) is 0 Å². The number of para-hydroxylation sites is 2. The van der Waals surface area contributed by atoms with Crippen molar-refractivity contribution >= 4 is 11.8 Å². The molecule has 2 aromatic carbocycles. The van der Waals surface area contributed by atoms with Crippen molar-refractivity contribution in [3.63, 3.8) is 0 Å². The molecule has 0 spiro atoms. The molecule has 0 saturated heterocycles. The summed E-state index contributed by atoms with van der Waals surface area (Å²) in [7, 11) is 1.56. The fourth-order valence-corrected chi connectivity index (χ4v) is 3.92. The Kier molecular flexibility index (Phi) is 8.33. The van der Waals surface area contributed by atoms with Crippen LogP contribution in [0.15, 0.2) is 54.6 Å². The van der Waals surface area contributed by atoms with Crippen LogP contribution < -0.4 is 14.8 Å². The molecule has 6 nitrogen and oxygen atoms in total. The maximum absolute atomic E-state index is 13.1. The highest BCUT2D eigenvalue weighted by molar-refractivity contribution is 5.88. The Bertz CT molecular complexity index is 850. The van der Waals surface area contributed by atoms with Crippen molar-refractivity contribution in [3.05, 3.63) is 60.2 Å². The number of hydrogen-bond donors (Lipinski definition) is 1. The van der Waals surface area contributed by atoms with Gasteiger partial charge in [-0.1, -0.05) is 55.3 Å². The summed E-state index contributed by atoms with van der Waals surface area (Å²) in [4.78, 5) is 27.6. The van der Waals surface area contributed by atoms with Gasteiger partial charge in [-0.3, -0.25) is 9.59 Å². The summed E-state index contributed by atoms with van der Waals surface area (Å²) < 4.78 is 11.0. The van der Waals surface area contributed by atoms with Crippen LogP contribution in [0.25, 0.3) is 0 Å². The summed E-state index contributed by atoms with van der Waals surface area (Å²) in [5, 5.41) is 3.11. The third kappa shape index (κ3) is 6.48. The van der Waals surface area contributed by atoms with E-state index in [2.05, 4.69) is 5.32 Å². The molecule has 0 unspecified atom stereocenters. The standard InChI is InChI=1S/C25H32N2O4/c1-19(25(29)26-21-12-6-7-13-21)27(17-16-20-10-4-3-5-11-20)24(28)18-31-23-15-9-8-14-22(23)30-2/h3-5,8-11,14-15,19,21H,6-7,12-13,16-18H2,1-2H3,(H,26,29)/t19-/m1/s1. The van der Waals surface area contributed by atoms with Gasteiger partial charge >= 0.3 is 0 Å². The number of ether oxygens (including phenoxy) is 2. The van der Waals surface area contributed by atoms with Crippen LogP contribution in [0.5, 0.6) is 11.5 Å². The second-order valence-electron chi connectivity index (χ2n) is 7.93.